The molecule has 0 amide bonds. The maximum absolute atomic E-state index is 13.6. The molecule has 1 aromatic rings. The summed E-state index contributed by atoms with van der Waals surface area (Å²) >= 11 is 0. The molecule has 0 spiro atoms. The van der Waals surface area contributed by atoms with Crippen LogP contribution in [0.4, 0.5) is 10.1 Å². The first-order chi connectivity index (χ1) is 9.40. The standard InChI is InChI=1S/C13H22FN3O2S/c1-3-8-17(4-2)9-7-16-20(18,19)13-6-5-11(15)10-12(13)14/h5-6,10,16H,3-4,7-9,15H2,1-2H3. The minimum Gasteiger partial charge on any atom is -0.399 e. The van der Waals surface area contributed by atoms with E-state index in [4.69, 9.17) is 5.73 Å². The van der Waals surface area contributed by atoms with Gasteiger partial charge in [-0.25, -0.2) is 17.5 Å². The van der Waals surface area contributed by atoms with Crippen molar-refractivity contribution < 1.29 is 12.8 Å². The molecular weight excluding hydrogens is 281 g/mol. The Morgan fingerprint density at radius 3 is 2.55 bits per heavy atom. The largest absolute Gasteiger partial charge is 0.399 e. The third-order valence-corrected chi connectivity index (χ3v) is 4.45. The molecule has 0 unspecified atom stereocenters. The predicted molar refractivity (Wildman–Crippen MR) is 78.4 cm³/mol. The first kappa shape index (κ1) is 16.9. The highest BCUT2D eigenvalue weighted by molar-refractivity contribution is 7.89. The van der Waals surface area contributed by atoms with Gasteiger partial charge >= 0.3 is 0 Å². The molecule has 0 heterocycles. The number of sulfonamides is 1. The Morgan fingerprint density at radius 1 is 1.30 bits per heavy atom. The van der Waals surface area contributed by atoms with E-state index in [-0.39, 0.29) is 17.1 Å². The van der Waals surface area contributed by atoms with E-state index in [1.807, 2.05) is 6.92 Å². The van der Waals surface area contributed by atoms with Crippen molar-refractivity contribution >= 4 is 15.7 Å². The highest BCUT2D eigenvalue weighted by Gasteiger charge is 2.18. The van der Waals surface area contributed by atoms with Crippen LogP contribution >= 0.6 is 0 Å². The minimum atomic E-state index is -3.83. The van der Waals surface area contributed by atoms with Crippen molar-refractivity contribution in [1.29, 1.82) is 0 Å². The molecule has 0 aliphatic rings. The van der Waals surface area contributed by atoms with Crippen LogP contribution in [0.3, 0.4) is 0 Å². The van der Waals surface area contributed by atoms with E-state index in [1.165, 1.54) is 12.1 Å². The van der Waals surface area contributed by atoms with Crippen molar-refractivity contribution in [2.75, 3.05) is 31.9 Å². The lowest BCUT2D eigenvalue weighted by molar-refractivity contribution is 0.293. The molecule has 7 heteroatoms. The molecule has 0 aliphatic carbocycles. The van der Waals surface area contributed by atoms with Crippen LogP contribution in [0, 0.1) is 5.82 Å². The second-order valence-electron chi connectivity index (χ2n) is 4.52. The molecule has 3 N–H and O–H groups in total. The lowest BCUT2D eigenvalue weighted by Gasteiger charge is -2.19. The van der Waals surface area contributed by atoms with Gasteiger partial charge in [-0.15, -0.1) is 0 Å². The summed E-state index contributed by atoms with van der Waals surface area (Å²) in [5, 5.41) is 0. The zero-order chi connectivity index (χ0) is 15.2. The van der Waals surface area contributed by atoms with Crippen molar-refractivity contribution in [2.24, 2.45) is 0 Å². The average Bonchev–Trinajstić information content (AvgIpc) is 2.37. The second kappa shape index (κ2) is 7.56. The third kappa shape index (κ3) is 4.73. The van der Waals surface area contributed by atoms with Crippen molar-refractivity contribution in [3.63, 3.8) is 0 Å². The molecule has 0 fully saturated rings. The molecule has 20 heavy (non-hydrogen) atoms. The Labute approximate surface area is 120 Å². The fraction of sp³-hybridized carbons (Fsp3) is 0.538. The van der Waals surface area contributed by atoms with Crippen LogP contribution in [-0.4, -0.2) is 39.5 Å². The smallest absolute Gasteiger partial charge is 0.243 e. The first-order valence-electron chi connectivity index (χ1n) is 6.67. The highest BCUT2D eigenvalue weighted by atomic mass is 32.2. The zero-order valence-electron chi connectivity index (χ0n) is 11.9. The normalized spacial score (nSPS) is 12.0. The molecule has 1 rings (SSSR count). The molecule has 0 atom stereocenters. The number of hydrogen-bond donors (Lipinski definition) is 2. The monoisotopic (exact) mass is 303 g/mol. The predicted octanol–water partition coefficient (Wildman–Crippen LogP) is 1.42. The first-order valence-corrected chi connectivity index (χ1v) is 8.16. The Kier molecular flexibility index (Phi) is 6.38. The van der Waals surface area contributed by atoms with Gasteiger partial charge in [-0.05, 0) is 37.7 Å². The van der Waals surface area contributed by atoms with Gasteiger partial charge in [-0.1, -0.05) is 13.8 Å². The van der Waals surface area contributed by atoms with Crippen LogP contribution in [0.15, 0.2) is 23.1 Å². The van der Waals surface area contributed by atoms with Crippen LogP contribution < -0.4 is 10.5 Å². The van der Waals surface area contributed by atoms with Crippen LogP contribution in [0.1, 0.15) is 20.3 Å². The summed E-state index contributed by atoms with van der Waals surface area (Å²) in [6.07, 6.45) is 1.01. The van der Waals surface area contributed by atoms with E-state index in [2.05, 4.69) is 16.5 Å². The van der Waals surface area contributed by atoms with Gasteiger partial charge in [0.2, 0.25) is 10.0 Å². The quantitative estimate of drug-likeness (QED) is 0.712. The minimum absolute atomic E-state index is 0.196. The Bertz CT molecular complexity index is 534. The van der Waals surface area contributed by atoms with E-state index in [0.717, 1.165) is 25.6 Å². The van der Waals surface area contributed by atoms with E-state index in [0.29, 0.717) is 6.54 Å². The van der Waals surface area contributed by atoms with E-state index >= 15 is 0 Å². The Morgan fingerprint density at radius 2 is 2.00 bits per heavy atom. The number of hydrogen-bond acceptors (Lipinski definition) is 4. The maximum atomic E-state index is 13.6. The van der Waals surface area contributed by atoms with Crippen molar-refractivity contribution in [3.05, 3.63) is 24.0 Å². The van der Waals surface area contributed by atoms with E-state index < -0.39 is 15.8 Å². The van der Waals surface area contributed by atoms with Crippen molar-refractivity contribution in [2.45, 2.75) is 25.2 Å². The van der Waals surface area contributed by atoms with Crippen molar-refractivity contribution in [3.8, 4) is 0 Å². The number of rotatable bonds is 8. The summed E-state index contributed by atoms with van der Waals surface area (Å²) in [5.74, 6) is -0.835. The fourth-order valence-electron chi connectivity index (χ4n) is 1.90. The van der Waals surface area contributed by atoms with Gasteiger partial charge in [0, 0.05) is 18.8 Å². The molecule has 114 valence electrons. The van der Waals surface area contributed by atoms with Gasteiger partial charge in [0.05, 0.1) is 0 Å². The van der Waals surface area contributed by atoms with Crippen molar-refractivity contribution in [1.82, 2.24) is 9.62 Å². The number of nitrogens with one attached hydrogen (secondary N) is 1. The molecule has 5 nitrogen and oxygen atoms in total. The molecule has 1 aromatic carbocycles. The average molecular weight is 303 g/mol. The topological polar surface area (TPSA) is 75.4 Å². The third-order valence-electron chi connectivity index (χ3n) is 2.95. The van der Waals surface area contributed by atoms with Gasteiger partial charge in [-0.2, -0.15) is 0 Å². The number of likely N-dealkylation sites (N-methyl/N-ethyl adjacent to an activating group) is 1. The van der Waals surface area contributed by atoms with Crippen LogP contribution in [0.2, 0.25) is 0 Å². The SMILES string of the molecule is CCCN(CC)CCNS(=O)(=O)c1ccc(N)cc1F. The molecule has 0 saturated carbocycles. The highest BCUT2D eigenvalue weighted by Crippen LogP contribution is 2.16. The fourth-order valence-corrected chi connectivity index (χ4v) is 2.97. The summed E-state index contributed by atoms with van der Waals surface area (Å²) in [6.45, 7) is 6.70. The molecule has 0 bridgehead atoms. The number of anilines is 1. The van der Waals surface area contributed by atoms with Gasteiger partial charge in [-0.3, -0.25) is 0 Å². The van der Waals surface area contributed by atoms with Gasteiger partial charge in [0.25, 0.3) is 0 Å². The second-order valence-corrected chi connectivity index (χ2v) is 6.26. The lowest BCUT2D eigenvalue weighted by atomic mass is 10.3. The number of nitrogens with zero attached hydrogens (tertiary/aromatic N) is 1. The van der Waals surface area contributed by atoms with Gasteiger partial charge < -0.3 is 10.6 Å². The van der Waals surface area contributed by atoms with Gasteiger partial charge in [0.1, 0.15) is 10.7 Å². The Hall–Kier alpha value is -1.18. The molecule has 0 saturated heterocycles. The molecule has 0 radical (unpaired) electrons. The van der Waals surface area contributed by atoms with E-state index in [1.54, 1.807) is 0 Å². The summed E-state index contributed by atoms with van der Waals surface area (Å²) < 4.78 is 40.0. The van der Waals surface area contributed by atoms with Gasteiger partial charge in [0.15, 0.2) is 0 Å². The van der Waals surface area contributed by atoms with Crippen LogP contribution in [0.25, 0.3) is 0 Å². The number of nitrogen functional groups attached to an aromatic ring is 1. The molecule has 0 aliphatic heterocycles. The number of nitrogens with two attached hydrogens (primary N) is 1. The Balaban J connectivity index is 2.66. The van der Waals surface area contributed by atoms with Crippen LogP contribution in [-0.2, 0) is 10.0 Å². The molecule has 0 aromatic heterocycles. The zero-order valence-corrected chi connectivity index (χ0v) is 12.7. The molecular formula is C13H22FN3O2S. The summed E-state index contributed by atoms with van der Waals surface area (Å²) in [4.78, 5) is 1.76. The summed E-state index contributed by atoms with van der Waals surface area (Å²) in [6, 6.07) is 3.55. The van der Waals surface area contributed by atoms with E-state index in [9.17, 15) is 12.8 Å². The summed E-state index contributed by atoms with van der Waals surface area (Å²) in [7, 11) is -3.83. The summed E-state index contributed by atoms with van der Waals surface area (Å²) in [5.41, 5.74) is 5.60. The van der Waals surface area contributed by atoms with Crippen LogP contribution in [0.5, 0.6) is 0 Å². The number of halogens is 1. The maximum Gasteiger partial charge on any atom is 0.243 e. The lowest BCUT2D eigenvalue weighted by Crippen LogP contribution is -2.35. The number of benzene rings is 1.